The van der Waals surface area contributed by atoms with Crippen molar-refractivity contribution >= 4 is 23.4 Å². The molecule has 2 aromatic rings. The fraction of sp³-hybridized carbons (Fsp3) is 0.429. The van der Waals surface area contributed by atoms with E-state index in [1.54, 1.807) is 6.07 Å². The Labute approximate surface area is 164 Å². The lowest BCUT2D eigenvalue weighted by Gasteiger charge is -2.23. The Morgan fingerprint density at radius 1 is 1.15 bits per heavy atom. The van der Waals surface area contributed by atoms with Gasteiger partial charge in [-0.15, -0.1) is 0 Å². The Hall–Kier alpha value is -2.27. The Morgan fingerprint density at radius 2 is 1.85 bits per heavy atom. The molecule has 2 amide bonds. The summed E-state index contributed by atoms with van der Waals surface area (Å²) in [6.45, 7) is 1.92. The first-order chi connectivity index (χ1) is 13.0. The van der Waals surface area contributed by atoms with Crippen molar-refractivity contribution in [2.75, 3.05) is 7.05 Å². The third-order valence-electron chi connectivity index (χ3n) is 5.16. The molecule has 1 aromatic heterocycles. The second-order valence-corrected chi connectivity index (χ2v) is 7.43. The van der Waals surface area contributed by atoms with Crippen molar-refractivity contribution in [2.45, 2.75) is 51.0 Å². The molecule has 0 saturated heterocycles. The molecule has 1 unspecified atom stereocenters. The van der Waals surface area contributed by atoms with Crippen molar-refractivity contribution in [3.63, 3.8) is 0 Å². The number of halogens is 1. The van der Waals surface area contributed by atoms with E-state index >= 15 is 0 Å². The van der Waals surface area contributed by atoms with Gasteiger partial charge in [-0.2, -0.15) is 0 Å². The average Bonchev–Trinajstić information content (AvgIpc) is 3.13. The van der Waals surface area contributed by atoms with Gasteiger partial charge in [0.2, 0.25) is 0 Å². The van der Waals surface area contributed by atoms with Crippen LogP contribution in [0.25, 0.3) is 0 Å². The fourth-order valence-corrected chi connectivity index (χ4v) is 3.92. The lowest BCUT2D eigenvalue weighted by Crippen LogP contribution is -2.36. The molecule has 144 valence electrons. The average molecular weight is 389 g/mol. The first kappa shape index (κ1) is 19.5. The number of carbonyl (C=O) groups is 2. The van der Waals surface area contributed by atoms with E-state index in [0.29, 0.717) is 16.3 Å². The molecule has 0 bridgehead atoms. The van der Waals surface area contributed by atoms with Crippen LogP contribution < -0.4 is 10.6 Å². The maximum absolute atomic E-state index is 12.9. The minimum Gasteiger partial charge on any atom is -0.454 e. The molecule has 1 fully saturated rings. The van der Waals surface area contributed by atoms with Gasteiger partial charge in [-0.05, 0) is 24.5 Å². The number of hydrogen-bond donors (Lipinski definition) is 2. The van der Waals surface area contributed by atoms with E-state index in [4.69, 9.17) is 16.0 Å². The first-order valence-electron chi connectivity index (χ1n) is 9.42. The van der Waals surface area contributed by atoms with Gasteiger partial charge in [-0.1, -0.05) is 56.0 Å². The summed E-state index contributed by atoms with van der Waals surface area (Å²) >= 11 is 6.33. The molecule has 0 spiro atoms. The summed E-state index contributed by atoms with van der Waals surface area (Å²) in [4.78, 5) is 25.0. The van der Waals surface area contributed by atoms with Crippen LogP contribution in [0.4, 0.5) is 0 Å². The van der Waals surface area contributed by atoms with E-state index in [0.717, 1.165) is 31.2 Å². The van der Waals surface area contributed by atoms with Gasteiger partial charge in [0, 0.05) is 30.1 Å². The Morgan fingerprint density at radius 3 is 2.52 bits per heavy atom. The van der Waals surface area contributed by atoms with Crippen molar-refractivity contribution in [1.82, 2.24) is 10.6 Å². The van der Waals surface area contributed by atoms with Crippen molar-refractivity contribution in [3.05, 3.63) is 58.0 Å². The molecule has 1 aliphatic carbocycles. The third-order valence-corrected chi connectivity index (χ3v) is 5.51. The van der Waals surface area contributed by atoms with Crippen molar-refractivity contribution in [3.8, 4) is 0 Å². The summed E-state index contributed by atoms with van der Waals surface area (Å²) in [6, 6.07) is 9.15. The van der Waals surface area contributed by atoms with Gasteiger partial charge >= 0.3 is 0 Å². The van der Waals surface area contributed by atoms with Crippen LogP contribution >= 0.6 is 11.6 Å². The van der Waals surface area contributed by atoms with E-state index in [2.05, 4.69) is 10.6 Å². The highest BCUT2D eigenvalue weighted by Gasteiger charge is 2.28. The number of benzene rings is 1. The van der Waals surface area contributed by atoms with Gasteiger partial charge in [0.15, 0.2) is 5.76 Å². The molecule has 2 N–H and O–H groups in total. The van der Waals surface area contributed by atoms with Crippen molar-refractivity contribution in [2.24, 2.45) is 0 Å². The van der Waals surface area contributed by atoms with E-state index in [1.165, 1.54) is 19.5 Å². The number of hydrogen-bond acceptors (Lipinski definition) is 3. The number of rotatable bonds is 5. The summed E-state index contributed by atoms with van der Waals surface area (Å²) in [5.41, 5.74) is 1.25. The van der Waals surface area contributed by atoms with Gasteiger partial charge in [0.25, 0.3) is 11.8 Å². The fourth-order valence-electron chi connectivity index (χ4n) is 3.62. The molecule has 1 atom stereocenters. The Bertz CT molecular complexity index is 825. The molecule has 6 heteroatoms. The maximum Gasteiger partial charge on any atom is 0.286 e. The summed E-state index contributed by atoms with van der Waals surface area (Å²) in [6.07, 6.45) is 5.45. The summed E-state index contributed by atoms with van der Waals surface area (Å²) in [5.74, 6) is -0.242. The zero-order valence-corrected chi connectivity index (χ0v) is 16.4. The van der Waals surface area contributed by atoms with Crippen LogP contribution in [0.2, 0.25) is 5.02 Å². The van der Waals surface area contributed by atoms with E-state index < -0.39 is 0 Å². The lowest BCUT2D eigenvalue weighted by molar-refractivity contribution is 0.0918. The van der Waals surface area contributed by atoms with Crippen molar-refractivity contribution < 1.29 is 14.0 Å². The van der Waals surface area contributed by atoms with Gasteiger partial charge < -0.3 is 15.1 Å². The molecular formula is C21H25ClN2O3. The normalized spacial score (nSPS) is 16.0. The zero-order valence-electron chi connectivity index (χ0n) is 15.7. The largest absolute Gasteiger partial charge is 0.454 e. The number of amides is 2. The van der Waals surface area contributed by atoms with Crippen LogP contribution in [0.5, 0.6) is 0 Å². The molecule has 0 aliphatic heterocycles. The quantitative estimate of drug-likeness (QED) is 0.791. The minimum atomic E-state index is -0.362. The van der Waals surface area contributed by atoms with Crippen molar-refractivity contribution in [1.29, 1.82) is 0 Å². The summed E-state index contributed by atoms with van der Waals surface area (Å²) in [7, 11) is 1.53. The molecule has 1 aliphatic rings. The van der Waals surface area contributed by atoms with Gasteiger partial charge in [0.1, 0.15) is 5.76 Å². The van der Waals surface area contributed by atoms with Crippen LogP contribution in [0.3, 0.4) is 0 Å². The maximum atomic E-state index is 12.9. The molecule has 27 heavy (non-hydrogen) atoms. The highest BCUT2D eigenvalue weighted by Crippen LogP contribution is 2.33. The predicted octanol–water partition coefficient (Wildman–Crippen LogP) is 4.51. The summed E-state index contributed by atoms with van der Waals surface area (Å²) < 4.78 is 5.82. The standard InChI is InChI=1S/C21H25ClN2O3/c1-13(15-10-6-7-11-17(15)22)19-16(12-18(27-19)21(26)23-2)20(25)24-14-8-4-3-5-9-14/h6-7,10-14H,3-5,8-9H2,1-2H3,(H,23,26)(H,24,25). The predicted molar refractivity (Wildman–Crippen MR) is 105 cm³/mol. The summed E-state index contributed by atoms with van der Waals surface area (Å²) in [5, 5.41) is 6.24. The second kappa shape index (κ2) is 8.61. The van der Waals surface area contributed by atoms with Crippen LogP contribution in [0.15, 0.2) is 34.7 Å². The van der Waals surface area contributed by atoms with E-state index in [-0.39, 0.29) is 29.5 Å². The zero-order chi connectivity index (χ0) is 19.4. The third kappa shape index (κ3) is 4.35. The molecular weight excluding hydrogens is 364 g/mol. The minimum absolute atomic E-state index is 0.125. The Kier molecular flexibility index (Phi) is 6.22. The number of nitrogens with one attached hydrogen (secondary N) is 2. The highest BCUT2D eigenvalue weighted by molar-refractivity contribution is 6.31. The second-order valence-electron chi connectivity index (χ2n) is 7.02. The van der Waals surface area contributed by atoms with Gasteiger partial charge in [0.05, 0.1) is 5.56 Å². The van der Waals surface area contributed by atoms with E-state index in [1.807, 2.05) is 25.1 Å². The van der Waals surface area contributed by atoms with Crippen LogP contribution in [-0.4, -0.2) is 24.9 Å². The van der Waals surface area contributed by atoms with Gasteiger partial charge in [-0.25, -0.2) is 0 Å². The molecule has 0 radical (unpaired) electrons. The molecule has 1 saturated carbocycles. The van der Waals surface area contributed by atoms with E-state index in [9.17, 15) is 9.59 Å². The molecule has 5 nitrogen and oxygen atoms in total. The topological polar surface area (TPSA) is 71.3 Å². The number of furan rings is 1. The molecule has 3 rings (SSSR count). The first-order valence-corrected chi connectivity index (χ1v) is 9.80. The molecule has 1 heterocycles. The van der Waals surface area contributed by atoms with Gasteiger partial charge in [-0.3, -0.25) is 9.59 Å². The van der Waals surface area contributed by atoms with Crippen LogP contribution in [-0.2, 0) is 0 Å². The number of carbonyl (C=O) groups excluding carboxylic acids is 2. The molecule has 1 aromatic carbocycles. The van der Waals surface area contributed by atoms with Crippen LogP contribution in [0, 0.1) is 0 Å². The van der Waals surface area contributed by atoms with Crippen LogP contribution in [0.1, 0.15) is 77.2 Å². The Balaban J connectivity index is 1.93. The lowest BCUT2D eigenvalue weighted by atomic mass is 9.94. The monoisotopic (exact) mass is 388 g/mol. The SMILES string of the molecule is CNC(=O)c1cc(C(=O)NC2CCCCC2)c(C(C)c2ccccc2Cl)o1. The highest BCUT2D eigenvalue weighted by atomic mass is 35.5. The smallest absolute Gasteiger partial charge is 0.286 e.